The first kappa shape index (κ1) is 16.6. The van der Waals surface area contributed by atoms with Gasteiger partial charge in [-0.3, -0.25) is 9.78 Å². The molecule has 0 spiro atoms. The van der Waals surface area contributed by atoms with E-state index in [2.05, 4.69) is 4.98 Å². The number of aromatic nitrogens is 1. The first-order valence-corrected chi connectivity index (χ1v) is 4.82. The van der Waals surface area contributed by atoms with Crippen LogP contribution in [0.15, 0.2) is 30.6 Å². The number of hydrogen-bond donors (Lipinski definition) is 2. The highest BCUT2D eigenvalue weighted by Gasteiger charge is 2.38. The summed E-state index contributed by atoms with van der Waals surface area (Å²) < 4.78 is 31.7. The van der Waals surface area contributed by atoms with Gasteiger partial charge in [0.15, 0.2) is 0 Å². The Labute approximate surface area is 106 Å². The molecule has 0 saturated heterocycles. The van der Waals surface area contributed by atoms with Crippen molar-refractivity contribution >= 4 is 18.0 Å². The van der Waals surface area contributed by atoms with E-state index in [9.17, 15) is 18.0 Å². The number of hydrogen-bond acceptors (Lipinski definition) is 3. The van der Waals surface area contributed by atoms with Gasteiger partial charge in [-0.1, -0.05) is 18.2 Å². The summed E-state index contributed by atoms with van der Waals surface area (Å²) in [6, 6.07) is 3.67. The largest absolute Gasteiger partial charge is 0.490 e. The number of carboxylic acid groups (broad SMARTS) is 2. The lowest BCUT2D eigenvalue weighted by molar-refractivity contribution is -0.192. The van der Waals surface area contributed by atoms with Crippen LogP contribution < -0.4 is 0 Å². The van der Waals surface area contributed by atoms with Gasteiger partial charge in [-0.2, -0.15) is 13.2 Å². The van der Waals surface area contributed by atoms with Crippen LogP contribution in [0.4, 0.5) is 13.2 Å². The predicted molar refractivity (Wildman–Crippen MR) is 59.2 cm³/mol. The molecule has 2 N–H and O–H groups in total. The Morgan fingerprint density at radius 1 is 1.32 bits per heavy atom. The highest BCUT2D eigenvalue weighted by molar-refractivity contribution is 5.73. The molecule has 0 unspecified atom stereocenters. The minimum absolute atomic E-state index is 0.0505. The number of carbonyl (C=O) groups is 2. The quantitative estimate of drug-likeness (QED) is 0.884. The molecule has 0 radical (unpaired) electrons. The summed E-state index contributed by atoms with van der Waals surface area (Å²) in [4.78, 5) is 22.9. The minimum Gasteiger partial charge on any atom is -0.481 e. The second kappa shape index (κ2) is 7.85. The van der Waals surface area contributed by atoms with Gasteiger partial charge in [0.25, 0.3) is 0 Å². The van der Waals surface area contributed by atoms with E-state index in [0.29, 0.717) is 0 Å². The third-order valence-corrected chi connectivity index (χ3v) is 1.53. The van der Waals surface area contributed by atoms with E-state index in [1.807, 2.05) is 6.07 Å². The maximum atomic E-state index is 10.6. The molecule has 1 heterocycles. The third kappa shape index (κ3) is 9.33. The van der Waals surface area contributed by atoms with Crippen LogP contribution in [0.5, 0.6) is 0 Å². The summed E-state index contributed by atoms with van der Waals surface area (Å²) in [6.07, 6.45) is 1.66. The van der Waals surface area contributed by atoms with E-state index in [-0.39, 0.29) is 6.42 Å². The molecule has 5 nitrogen and oxygen atoms in total. The van der Waals surface area contributed by atoms with Crippen molar-refractivity contribution < 1.29 is 33.0 Å². The van der Waals surface area contributed by atoms with Crippen LogP contribution in [0.3, 0.4) is 0 Å². The second-order valence-electron chi connectivity index (χ2n) is 3.09. The predicted octanol–water partition coefficient (Wildman–Crippen LogP) is 2.20. The fraction of sp³-hybridized carbons (Fsp3) is 0.182. The topological polar surface area (TPSA) is 87.5 Å². The monoisotopic (exact) mass is 277 g/mol. The standard InChI is InChI=1S/C9H9NO2.C2HF3O2/c11-9(12)5-1-3-8-4-2-6-10-7-8;3-2(4,5)1(6)7/h1-4,6-7H,5H2,(H,11,12);(H,6,7)/b3-1+;. The van der Waals surface area contributed by atoms with E-state index >= 15 is 0 Å². The van der Waals surface area contributed by atoms with Crippen molar-refractivity contribution in [1.82, 2.24) is 4.98 Å². The average Bonchev–Trinajstić information content (AvgIpc) is 2.29. The Morgan fingerprint density at radius 2 is 1.89 bits per heavy atom. The average molecular weight is 277 g/mol. The molecule has 104 valence electrons. The van der Waals surface area contributed by atoms with Gasteiger partial charge in [0, 0.05) is 12.4 Å². The molecular formula is C11H10F3NO4. The normalized spacial score (nSPS) is 10.7. The van der Waals surface area contributed by atoms with Crippen LogP contribution in [0.1, 0.15) is 12.0 Å². The second-order valence-corrected chi connectivity index (χ2v) is 3.09. The number of halogens is 3. The van der Waals surface area contributed by atoms with Crippen LogP contribution in [-0.2, 0) is 9.59 Å². The van der Waals surface area contributed by atoms with Crippen molar-refractivity contribution in [3.63, 3.8) is 0 Å². The Morgan fingerprint density at radius 3 is 2.26 bits per heavy atom. The van der Waals surface area contributed by atoms with Gasteiger partial charge in [-0.15, -0.1) is 0 Å². The lowest BCUT2D eigenvalue weighted by Crippen LogP contribution is -2.21. The van der Waals surface area contributed by atoms with Gasteiger partial charge in [0.2, 0.25) is 0 Å². The van der Waals surface area contributed by atoms with Gasteiger partial charge in [0.1, 0.15) is 0 Å². The van der Waals surface area contributed by atoms with Crippen LogP contribution in [-0.4, -0.2) is 33.3 Å². The van der Waals surface area contributed by atoms with Crippen molar-refractivity contribution in [2.75, 3.05) is 0 Å². The molecule has 0 aliphatic carbocycles. The highest BCUT2D eigenvalue weighted by Crippen LogP contribution is 2.13. The molecule has 0 aliphatic rings. The smallest absolute Gasteiger partial charge is 0.481 e. The lowest BCUT2D eigenvalue weighted by atomic mass is 10.2. The lowest BCUT2D eigenvalue weighted by Gasteiger charge is -1.93. The molecule has 0 bridgehead atoms. The number of aliphatic carboxylic acids is 2. The summed E-state index contributed by atoms with van der Waals surface area (Å²) in [5, 5.41) is 15.4. The SMILES string of the molecule is O=C(O)C(F)(F)F.O=C(O)C/C=C/c1cccnc1. The van der Waals surface area contributed by atoms with Crippen molar-refractivity contribution in [2.24, 2.45) is 0 Å². The molecule has 1 aromatic rings. The number of pyridine rings is 1. The number of carboxylic acids is 2. The molecule has 1 rings (SSSR count). The molecule has 19 heavy (non-hydrogen) atoms. The summed E-state index contributed by atoms with van der Waals surface area (Å²) in [6.45, 7) is 0. The van der Waals surface area contributed by atoms with E-state index in [1.54, 1.807) is 30.6 Å². The van der Waals surface area contributed by atoms with E-state index in [4.69, 9.17) is 15.0 Å². The number of alkyl halides is 3. The number of nitrogens with zero attached hydrogens (tertiary/aromatic N) is 1. The molecule has 0 amide bonds. The molecule has 0 aliphatic heterocycles. The molecule has 0 atom stereocenters. The van der Waals surface area contributed by atoms with Gasteiger partial charge in [-0.05, 0) is 11.6 Å². The van der Waals surface area contributed by atoms with Gasteiger partial charge in [-0.25, -0.2) is 4.79 Å². The third-order valence-electron chi connectivity index (χ3n) is 1.53. The Balaban J connectivity index is 0.000000399. The van der Waals surface area contributed by atoms with Crippen molar-refractivity contribution in [2.45, 2.75) is 12.6 Å². The zero-order valence-corrected chi connectivity index (χ0v) is 9.46. The van der Waals surface area contributed by atoms with Gasteiger partial charge in [0.05, 0.1) is 6.42 Å². The minimum atomic E-state index is -5.08. The molecule has 0 saturated carbocycles. The Kier molecular flexibility index (Phi) is 6.87. The summed E-state index contributed by atoms with van der Waals surface area (Å²) in [5.41, 5.74) is 0.916. The Hall–Kier alpha value is -2.38. The van der Waals surface area contributed by atoms with Crippen LogP contribution in [0.25, 0.3) is 6.08 Å². The van der Waals surface area contributed by atoms with Gasteiger partial charge < -0.3 is 10.2 Å². The van der Waals surface area contributed by atoms with Crippen molar-refractivity contribution in [1.29, 1.82) is 0 Å². The molecule has 0 fully saturated rings. The van der Waals surface area contributed by atoms with Crippen LogP contribution in [0.2, 0.25) is 0 Å². The fourth-order valence-corrected chi connectivity index (χ4v) is 0.770. The van der Waals surface area contributed by atoms with Crippen LogP contribution in [0, 0.1) is 0 Å². The molecule has 8 heteroatoms. The summed E-state index contributed by atoms with van der Waals surface area (Å²) in [5.74, 6) is -3.58. The van der Waals surface area contributed by atoms with Gasteiger partial charge >= 0.3 is 18.1 Å². The molecule has 0 aromatic carbocycles. The highest BCUT2D eigenvalue weighted by atomic mass is 19.4. The van der Waals surface area contributed by atoms with Crippen LogP contribution >= 0.6 is 0 Å². The Bertz CT molecular complexity index is 443. The summed E-state index contributed by atoms with van der Waals surface area (Å²) in [7, 11) is 0. The fourth-order valence-electron chi connectivity index (χ4n) is 0.770. The zero-order valence-electron chi connectivity index (χ0n) is 9.46. The first-order chi connectivity index (χ1) is 8.73. The van der Waals surface area contributed by atoms with Crippen molar-refractivity contribution in [3.05, 3.63) is 36.2 Å². The number of rotatable bonds is 3. The first-order valence-electron chi connectivity index (χ1n) is 4.82. The maximum absolute atomic E-state index is 10.6. The van der Waals surface area contributed by atoms with Crippen molar-refractivity contribution in [3.8, 4) is 0 Å². The maximum Gasteiger partial charge on any atom is 0.490 e. The van der Waals surface area contributed by atoms with E-state index < -0.39 is 18.1 Å². The molecular weight excluding hydrogens is 267 g/mol. The molecule has 1 aromatic heterocycles. The zero-order chi connectivity index (χ0) is 14.9. The van der Waals surface area contributed by atoms with E-state index in [0.717, 1.165) is 5.56 Å². The van der Waals surface area contributed by atoms with E-state index in [1.165, 1.54) is 0 Å². The summed E-state index contributed by atoms with van der Waals surface area (Å²) >= 11 is 0.